The van der Waals surface area contributed by atoms with E-state index in [-0.39, 0.29) is 5.92 Å². The molecule has 0 aliphatic heterocycles. The van der Waals surface area contributed by atoms with Gasteiger partial charge in [-0.1, -0.05) is 23.8 Å². The Morgan fingerprint density at radius 1 is 1.32 bits per heavy atom. The Labute approximate surface area is 114 Å². The summed E-state index contributed by atoms with van der Waals surface area (Å²) in [6.45, 7) is 7.88. The van der Waals surface area contributed by atoms with Crippen LogP contribution in [0.1, 0.15) is 26.7 Å². The molecule has 0 aromatic carbocycles. The first-order valence-corrected chi connectivity index (χ1v) is 6.40. The molecule has 0 aromatic heterocycles. The summed E-state index contributed by atoms with van der Waals surface area (Å²) in [5.41, 5.74) is 2.11. The Morgan fingerprint density at radius 2 is 1.84 bits per heavy atom. The number of hydrogen-bond acceptors (Lipinski definition) is 4. The largest absolute Gasteiger partial charge is 0.468 e. The van der Waals surface area contributed by atoms with E-state index in [2.05, 4.69) is 12.7 Å². The molecule has 0 radical (unpaired) electrons. The van der Waals surface area contributed by atoms with E-state index >= 15 is 0 Å². The highest BCUT2D eigenvalue weighted by Crippen LogP contribution is 2.37. The summed E-state index contributed by atoms with van der Waals surface area (Å²) in [4.78, 5) is 23.7. The predicted octanol–water partition coefficient (Wildman–Crippen LogP) is 2.50. The van der Waals surface area contributed by atoms with E-state index in [0.29, 0.717) is 5.92 Å². The maximum Gasteiger partial charge on any atom is 0.320 e. The number of esters is 2. The zero-order valence-electron chi connectivity index (χ0n) is 12.1. The molecule has 0 unspecified atom stereocenters. The van der Waals surface area contributed by atoms with Crippen LogP contribution in [0.15, 0.2) is 23.8 Å². The molecule has 106 valence electrons. The van der Waals surface area contributed by atoms with Gasteiger partial charge < -0.3 is 9.47 Å². The molecular formula is C15H22O4. The molecule has 0 N–H and O–H groups in total. The predicted molar refractivity (Wildman–Crippen MR) is 72.3 cm³/mol. The lowest BCUT2D eigenvalue weighted by Crippen LogP contribution is -2.36. The fourth-order valence-electron chi connectivity index (χ4n) is 2.55. The van der Waals surface area contributed by atoms with E-state index in [1.807, 2.05) is 13.8 Å². The molecule has 0 saturated heterocycles. The van der Waals surface area contributed by atoms with Gasteiger partial charge in [-0.15, -0.1) is 0 Å². The Balaban J connectivity index is 3.03. The standard InChI is InChI=1S/C15H22O4/c1-9(2)11-7-6-10(3)12(8-11)13(14(16)18-4)15(17)19-5/h6,11-13H,1,7-8H2,2-5H3/t11-,12-/m0/s1. The maximum atomic E-state index is 11.9. The maximum absolute atomic E-state index is 11.9. The van der Waals surface area contributed by atoms with Crippen molar-refractivity contribution in [3.05, 3.63) is 23.8 Å². The van der Waals surface area contributed by atoms with Crippen molar-refractivity contribution in [3.63, 3.8) is 0 Å². The van der Waals surface area contributed by atoms with Gasteiger partial charge in [-0.25, -0.2) is 0 Å². The zero-order valence-corrected chi connectivity index (χ0v) is 12.1. The third-order valence-electron chi connectivity index (χ3n) is 3.86. The van der Waals surface area contributed by atoms with Crippen LogP contribution >= 0.6 is 0 Å². The van der Waals surface area contributed by atoms with E-state index in [4.69, 9.17) is 9.47 Å². The van der Waals surface area contributed by atoms with Gasteiger partial charge in [0.1, 0.15) is 0 Å². The second-order valence-corrected chi connectivity index (χ2v) is 5.09. The molecular weight excluding hydrogens is 244 g/mol. The number of rotatable bonds is 4. The molecule has 0 heterocycles. The molecule has 19 heavy (non-hydrogen) atoms. The lowest BCUT2D eigenvalue weighted by Gasteiger charge is -2.32. The van der Waals surface area contributed by atoms with Crippen LogP contribution in [-0.4, -0.2) is 26.2 Å². The smallest absolute Gasteiger partial charge is 0.320 e. The summed E-state index contributed by atoms with van der Waals surface area (Å²) >= 11 is 0. The van der Waals surface area contributed by atoms with Crippen molar-refractivity contribution < 1.29 is 19.1 Å². The Kier molecular flexibility index (Phi) is 5.33. The van der Waals surface area contributed by atoms with Crippen molar-refractivity contribution in [2.75, 3.05) is 14.2 Å². The minimum Gasteiger partial charge on any atom is -0.468 e. The number of carbonyl (C=O) groups is 2. The fourth-order valence-corrected chi connectivity index (χ4v) is 2.55. The van der Waals surface area contributed by atoms with Gasteiger partial charge in [-0.2, -0.15) is 0 Å². The summed E-state index contributed by atoms with van der Waals surface area (Å²) in [5.74, 6) is -1.83. The highest BCUT2D eigenvalue weighted by atomic mass is 16.5. The van der Waals surface area contributed by atoms with Crippen LogP contribution in [0.4, 0.5) is 0 Å². The van der Waals surface area contributed by atoms with Crippen molar-refractivity contribution in [1.82, 2.24) is 0 Å². The van der Waals surface area contributed by atoms with Gasteiger partial charge in [0.15, 0.2) is 5.92 Å². The fraction of sp³-hybridized carbons (Fsp3) is 0.600. The van der Waals surface area contributed by atoms with E-state index in [1.54, 1.807) is 0 Å². The van der Waals surface area contributed by atoms with Crippen LogP contribution in [0.25, 0.3) is 0 Å². The first-order chi connectivity index (χ1) is 8.92. The monoisotopic (exact) mass is 266 g/mol. The van der Waals surface area contributed by atoms with Gasteiger partial charge in [0.2, 0.25) is 0 Å². The van der Waals surface area contributed by atoms with Crippen LogP contribution < -0.4 is 0 Å². The van der Waals surface area contributed by atoms with Crippen LogP contribution in [0.5, 0.6) is 0 Å². The Bertz CT molecular complexity index is 392. The van der Waals surface area contributed by atoms with Gasteiger partial charge in [-0.3, -0.25) is 9.59 Å². The second-order valence-electron chi connectivity index (χ2n) is 5.09. The topological polar surface area (TPSA) is 52.6 Å². The molecule has 0 aromatic rings. The molecule has 4 nitrogen and oxygen atoms in total. The normalized spacial score (nSPS) is 22.7. The quantitative estimate of drug-likeness (QED) is 0.445. The van der Waals surface area contributed by atoms with Crippen LogP contribution in [0.2, 0.25) is 0 Å². The first kappa shape index (κ1) is 15.5. The van der Waals surface area contributed by atoms with Gasteiger partial charge in [0, 0.05) is 5.92 Å². The van der Waals surface area contributed by atoms with Gasteiger partial charge in [-0.05, 0) is 32.6 Å². The van der Waals surface area contributed by atoms with Crippen molar-refractivity contribution in [2.24, 2.45) is 17.8 Å². The van der Waals surface area contributed by atoms with E-state index < -0.39 is 17.9 Å². The second kappa shape index (κ2) is 6.55. The molecule has 0 fully saturated rings. The molecule has 0 saturated carbocycles. The summed E-state index contributed by atoms with van der Waals surface area (Å²) in [7, 11) is 2.58. The third-order valence-corrected chi connectivity index (χ3v) is 3.86. The number of ether oxygens (including phenoxy) is 2. The highest BCUT2D eigenvalue weighted by Gasteiger charge is 2.40. The Morgan fingerprint density at radius 3 is 2.26 bits per heavy atom. The number of hydrogen-bond donors (Lipinski definition) is 0. The summed E-state index contributed by atoms with van der Waals surface area (Å²) in [6, 6.07) is 0. The molecule has 0 spiro atoms. The highest BCUT2D eigenvalue weighted by molar-refractivity contribution is 5.95. The summed E-state index contributed by atoms with van der Waals surface area (Å²) in [5, 5.41) is 0. The molecule has 1 aliphatic rings. The lowest BCUT2D eigenvalue weighted by molar-refractivity contribution is -0.161. The first-order valence-electron chi connectivity index (χ1n) is 6.40. The third kappa shape index (κ3) is 3.46. The molecule has 4 heteroatoms. The van der Waals surface area contributed by atoms with Gasteiger partial charge in [0.05, 0.1) is 14.2 Å². The minimum atomic E-state index is -0.881. The SMILES string of the molecule is C=C(C)[C@H]1CC=C(C)[C@@H](C(C(=O)OC)C(=O)OC)C1. The zero-order chi connectivity index (χ0) is 14.6. The van der Waals surface area contributed by atoms with Crippen molar-refractivity contribution in [1.29, 1.82) is 0 Å². The van der Waals surface area contributed by atoms with E-state index in [1.165, 1.54) is 14.2 Å². The van der Waals surface area contributed by atoms with Crippen molar-refractivity contribution >= 4 is 11.9 Å². The molecule has 0 amide bonds. The van der Waals surface area contributed by atoms with Crippen LogP contribution in [-0.2, 0) is 19.1 Å². The summed E-state index contributed by atoms with van der Waals surface area (Å²) < 4.78 is 9.49. The van der Waals surface area contributed by atoms with Crippen LogP contribution in [0, 0.1) is 17.8 Å². The van der Waals surface area contributed by atoms with Crippen molar-refractivity contribution in [2.45, 2.75) is 26.7 Å². The average molecular weight is 266 g/mol. The number of carbonyl (C=O) groups excluding carboxylic acids is 2. The molecule has 2 atom stereocenters. The van der Waals surface area contributed by atoms with E-state index in [9.17, 15) is 9.59 Å². The summed E-state index contributed by atoms with van der Waals surface area (Å²) in [6.07, 6.45) is 3.71. The lowest BCUT2D eigenvalue weighted by atomic mass is 9.73. The molecule has 0 bridgehead atoms. The van der Waals surface area contributed by atoms with E-state index in [0.717, 1.165) is 24.0 Å². The number of methoxy groups -OCH3 is 2. The number of allylic oxidation sites excluding steroid dienone is 3. The average Bonchev–Trinajstić information content (AvgIpc) is 2.40. The molecule has 1 rings (SSSR count). The van der Waals surface area contributed by atoms with Crippen LogP contribution in [0.3, 0.4) is 0 Å². The van der Waals surface area contributed by atoms with Gasteiger partial charge in [0.25, 0.3) is 0 Å². The minimum absolute atomic E-state index is 0.171. The van der Waals surface area contributed by atoms with Gasteiger partial charge >= 0.3 is 11.9 Å². The molecule has 1 aliphatic carbocycles. The van der Waals surface area contributed by atoms with Crippen molar-refractivity contribution in [3.8, 4) is 0 Å². The Hall–Kier alpha value is -1.58.